The second-order valence-electron chi connectivity index (χ2n) is 7.51. The number of piperidine rings is 1. The SMILES string of the molecule is CC(=O)Nc1cc(F)ccc1C(=O)NCCN1CCC(O)(c2ccc(Cl)cc2)CC1. The number of rotatable bonds is 6. The van der Waals surface area contributed by atoms with Crippen molar-refractivity contribution in [2.24, 2.45) is 0 Å². The summed E-state index contributed by atoms with van der Waals surface area (Å²) in [5, 5.41) is 16.9. The van der Waals surface area contributed by atoms with Gasteiger partial charge >= 0.3 is 0 Å². The third-order valence-corrected chi connectivity index (χ3v) is 5.57. The van der Waals surface area contributed by atoms with Gasteiger partial charge in [0.25, 0.3) is 5.91 Å². The predicted molar refractivity (Wildman–Crippen MR) is 114 cm³/mol. The quantitative estimate of drug-likeness (QED) is 0.653. The summed E-state index contributed by atoms with van der Waals surface area (Å²) in [5.41, 5.74) is 0.348. The van der Waals surface area contributed by atoms with Crippen LogP contribution in [0.2, 0.25) is 5.02 Å². The normalized spacial score (nSPS) is 16.1. The lowest BCUT2D eigenvalue weighted by Gasteiger charge is -2.38. The summed E-state index contributed by atoms with van der Waals surface area (Å²) in [5.74, 6) is -1.29. The van der Waals surface area contributed by atoms with Crippen LogP contribution >= 0.6 is 11.6 Å². The maximum Gasteiger partial charge on any atom is 0.253 e. The summed E-state index contributed by atoms with van der Waals surface area (Å²) in [6.45, 7) is 3.72. The highest BCUT2D eigenvalue weighted by molar-refractivity contribution is 6.30. The number of carbonyl (C=O) groups excluding carboxylic acids is 2. The van der Waals surface area contributed by atoms with Crippen LogP contribution in [0, 0.1) is 5.82 Å². The molecule has 0 spiro atoms. The van der Waals surface area contributed by atoms with E-state index in [1.54, 1.807) is 12.1 Å². The molecule has 1 aliphatic rings. The lowest BCUT2D eigenvalue weighted by Crippen LogP contribution is -2.45. The number of halogens is 2. The van der Waals surface area contributed by atoms with E-state index in [0.717, 1.165) is 11.6 Å². The van der Waals surface area contributed by atoms with Crippen molar-refractivity contribution in [3.8, 4) is 0 Å². The number of nitrogens with zero attached hydrogens (tertiary/aromatic N) is 1. The van der Waals surface area contributed by atoms with Gasteiger partial charge < -0.3 is 20.6 Å². The van der Waals surface area contributed by atoms with E-state index in [9.17, 15) is 19.1 Å². The van der Waals surface area contributed by atoms with Crippen molar-refractivity contribution in [3.63, 3.8) is 0 Å². The van der Waals surface area contributed by atoms with Crippen molar-refractivity contribution < 1.29 is 19.1 Å². The summed E-state index contributed by atoms with van der Waals surface area (Å²) in [6, 6.07) is 10.9. The van der Waals surface area contributed by atoms with Crippen LogP contribution in [-0.2, 0) is 10.4 Å². The fourth-order valence-corrected chi connectivity index (χ4v) is 3.75. The number of carbonyl (C=O) groups is 2. The van der Waals surface area contributed by atoms with Gasteiger partial charge in [0.1, 0.15) is 5.82 Å². The molecular formula is C22H25ClFN3O3. The van der Waals surface area contributed by atoms with Crippen LogP contribution in [0.1, 0.15) is 35.7 Å². The first kappa shape index (κ1) is 22.2. The topological polar surface area (TPSA) is 81.7 Å². The van der Waals surface area contributed by atoms with Crippen LogP contribution in [0.4, 0.5) is 10.1 Å². The molecule has 0 radical (unpaired) electrons. The molecule has 2 amide bonds. The Morgan fingerprint density at radius 1 is 1.17 bits per heavy atom. The van der Waals surface area contributed by atoms with Gasteiger partial charge in [-0.2, -0.15) is 0 Å². The third-order valence-electron chi connectivity index (χ3n) is 5.32. The standard InChI is InChI=1S/C22H25ClFN3O3/c1-15(28)26-20-14-18(24)6-7-19(20)21(29)25-10-13-27-11-8-22(30,9-12-27)16-2-4-17(23)5-3-16/h2-7,14,30H,8-13H2,1H3,(H,25,29)(H,26,28). The molecule has 6 nitrogen and oxygen atoms in total. The first-order chi connectivity index (χ1) is 14.3. The first-order valence-electron chi connectivity index (χ1n) is 9.83. The monoisotopic (exact) mass is 433 g/mol. The Morgan fingerprint density at radius 2 is 1.83 bits per heavy atom. The van der Waals surface area contributed by atoms with Gasteiger partial charge in [0.05, 0.1) is 16.9 Å². The zero-order valence-corrected chi connectivity index (χ0v) is 17.5. The van der Waals surface area contributed by atoms with Crippen molar-refractivity contribution in [2.45, 2.75) is 25.4 Å². The molecular weight excluding hydrogens is 409 g/mol. The lowest BCUT2D eigenvalue weighted by atomic mass is 9.84. The average Bonchev–Trinajstić information content (AvgIpc) is 2.69. The van der Waals surface area contributed by atoms with Crippen molar-refractivity contribution >= 4 is 29.1 Å². The van der Waals surface area contributed by atoms with Gasteiger partial charge in [-0.05, 0) is 48.7 Å². The fourth-order valence-electron chi connectivity index (χ4n) is 3.63. The molecule has 8 heteroatoms. The number of benzene rings is 2. The number of aliphatic hydroxyl groups is 1. The van der Waals surface area contributed by atoms with Crippen LogP contribution in [0.5, 0.6) is 0 Å². The van der Waals surface area contributed by atoms with E-state index >= 15 is 0 Å². The maximum absolute atomic E-state index is 13.4. The summed E-state index contributed by atoms with van der Waals surface area (Å²) >= 11 is 5.92. The second-order valence-corrected chi connectivity index (χ2v) is 7.94. The highest BCUT2D eigenvalue weighted by Crippen LogP contribution is 2.33. The van der Waals surface area contributed by atoms with Crippen LogP contribution in [0.15, 0.2) is 42.5 Å². The van der Waals surface area contributed by atoms with Gasteiger partial charge in [-0.15, -0.1) is 0 Å². The molecule has 0 saturated carbocycles. The number of likely N-dealkylation sites (tertiary alicyclic amines) is 1. The minimum atomic E-state index is -0.869. The Labute approximate surface area is 180 Å². The Balaban J connectivity index is 1.50. The van der Waals surface area contributed by atoms with Gasteiger partial charge in [0.2, 0.25) is 5.91 Å². The maximum atomic E-state index is 13.4. The van der Waals surface area contributed by atoms with Crippen molar-refractivity contribution in [2.75, 3.05) is 31.5 Å². The van der Waals surface area contributed by atoms with Gasteiger partial charge in [-0.1, -0.05) is 23.7 Å². The molecule has 0 aromatic heterocycles. The summed E-state index contributed by atoms with van der Waals surface area (Å²) < 4.78 is 13.4. The molecule has 160 valence electrons. The fraction of sp³-hybridized carbons (Fsp3) is 0.364. The van der Waals surface area contributed by atoms with E-state index in [1.807, 2.05) is 12.1 Å². The lowest BCUT2D eigenvalue weighted by molar-refractivity contribution is -0.114. The van der Waals surface area contributed by atoms with Gasteiger partial charge in [-0.25, -0.2) is 4.39 Å². The van der Waals surface area contributed by atoms with E-state index < -0.39 is 11.4 Å². The van der Waals surface area contributed by atoms with Crippen LogP contribution in [0.3, 0.4) is 0 Å². The highest BCUT2D eigenvalue weighted by Gasteiger charge is 2.33. The Kier molecular flexibility index (Phi) is 7.07. The van der Waals surface area contributed by atoms with Gasteiger partial charge in [0, 0.05) is 38.1 Å². The molecule has 0 atom stereocenters. The molecule has 30 heavy (non-hydrogen) atoms. The Bertz CT molecular complexity index is 912. The molecule has 3 N–H and O–H groups in total. The van der Waals surface area contributed by atoms with Crippen molar-refractivity contribution in [1.29, 1.82) is 0 Å². The Hall–Kier alpha value is -2.48. The summed E-state index contributed by atoms with van der Waals surface area (Å²) in [4.78, 5) is 25.9. The van der Waals surface area contributed by atoms with Crippen molar-refractivity contribution in [1.82, 2.24) is 10.2 Å². The number of hydrogen-bond acceptors (Lipinski definition) is 4. The highest BCUT2D eigenvalue weighted by atomic mass is 35.5. The minimum absolute atomic E-state index is 0.144. The zero-order valence-electron chi connectivity index (χ0n) is 16.8. The molecule has 1 fully saturated rings. The Morgan fingerprint density at radius 3 is 2.47 bits per heavy atom. The molecule has 1 heterocycles. The largest absolute Gasteiger partial charge is 0.385 e. The van der Waals surface area contributed by atoms with Crippen molar-refractivity contribution in [3.05, 3.63) is 64.4 Å². The van der Waals surface area contributed by atoms with Gasteiger partial charge in [0.15, 0.2) is 0 Å². The smallest absolute Gasteiger partial charge is 0.253 e. The second kappa shape index (κ2) is 9.55. The zero-order chi connectivity index (χ0) is 21.7. The number of hydrogen-bond donors (Lipinski definition) is 3. The number of anilines is 1. The van der Waals surface area contributed by atoms with E-state index in [2.05, 4.69) is 15.5 Å². The molecule has 2 aromatic rings. The average molecular weight is 434 g/mol. The molecule has 0 aliphatic carbocycles. The van der Waals surface area contributed by atoms with E-state index in [4.69, 9.17) is 11.6 Å². The van der Waals surface area contributed by atoms with E-state index in [-0.39, 0.29) is 23.1 Å². The number of amides is 2. The van der Waals surface area contributed by atoms with Crippen LogP contribution < -0.4 is 10.6 Å². The molecule has 0 unspecified atom stereocenters. The molecule has 2 aromatic carbocycles. The number of nitrogens with one attached hydrogen (secondary N) is 2. The third kappa shape index (κ3) is 5.56. The minimum Gasteiger partial charge on any atom is -0.385 e. The molecule has 0 bridgehead atoms. The summed E-state index contributed by atoms with van der Waals surface area (Å²) in [6.07, 6.45) is 1.18. The van der Waals surface area contributed by atoms with Gasteiger partial charge in [-0.3, -0.25) is 9.59 Å². The summed E-state index contributed by atoms with van der Waals surface area (Å²) in [7, 11) is 0. The first-order valence-corrected chi connectivity index (χ1v) is 10.2. The van der Waals surface area contributed by atoms with E-state index in [0.29, 0.717) is 44.0 Å². The molecule has 1 saturated heterocycles. The van der Waals surface area contributed by atoms with E-state index in [1.165, 1.54) is 19.1 Å². The van der Waals surface area contributed by atoms with Crippen LogP contribution in [-0.4, -0.2) is 48.0 Å². The molecule has 1 aliphatic heterocycles. The van der Waals surface area contributed by atoms with Crippen LogP contribution in [0.25, 0.3) is 0 Å². The predicted octanol–water partition coefficient (Wildman–Crippen LogP) is 3.15. The molecule has 3 rings (SSSR count).